The number of hydrogen-bond donors (Lipinski definition) is 1. The lowest BCUT2D eigenvalue weighted by molar-refractivity contribution is -0.138. The van der Waals surface area contributed by atoms with Gasteiger partial charge in [0.05, 0.1) is 25.5 Å². The number of benzene rings is 1. The van der Waals surface area contributed by atoms with Crippen LogP contribution in [-0.2, 0) is 17.5 Å². The van der Waals surface area contributed by atoms with E-state index < -0.39 is 29.0 Å². The van der Waals surface area contributed by atoms with Crippen molar-refractivity contribution in [2.75, 3.05) is 12.4 Å². The Morgan fingerprint density at radius 1 is 1.30 bits per heavy atom. The minimum Gasteiger partial charge on any atom is -0.497 e. The zero-order valence-corrected chi connectivity index (χ0v) is 14.9. The molecular weight excluding hydrogens is 363 g/mol. The Kier molecular flexibility index (Phi) is 6.59. The third-order valence-corrected chi connectivity index (χ3v) is 3.94. The van der Waals surface area contributed by atoms with Gasteiger partial charge in [-0.15, -0.1) is 0 Å². The highest BCUT2D eigenvalue weighted by Crippen LogP contribution is 2.32. The van der Waals surface area contributed by atoms with Gasteiger partial charge in [-0.1, -0.05) is 12.1 Å². The highest BCUT2D eigenvalue weighted by atomic mass is 19.4. The number of methoxy groups -OCH3 is 1. The highest BCUT2D eigenvalue weighted by Gasteiger charge is 2.38. The van der Waals surface area contributed by atoms with E-state index in [-0.39, 0.29) is 13.0 Å². The molecular formula is C18H20F3N3O3. The van der Waals surface area contributed by atoms with Gasteiger partial charge in [-0.25, -0.2) is 4.68 Å². The molecule has 1 atom stereocenters. The number of nitrogens with zero attached hydrogens (tertiary/aromatic N) is 2. The number of rotatable bonds is 8. The van der Waals surface area contributed by atoms with E-state index >= 15 is 0 Å². The Morgan fingerprint density at radius 3 is 2.52 bits per heavy atom. The highest BCUT2D eigenvalue weighted by molar-refractivity contribution is 5.52. The number of anilines is 1. The van der Waals surface area contributed by atoms with Crippen LogP contribution < -0.4 is 15.6 Å². The number of aromatic nitrogens is 2. The Hall–Kier alpha value is -2.84. The van der Waals surface area contributed by atoms with Crippen molar-refractivity contribution in [1.82, 2.24) is 9.78 Å². The van der Waals surface area contributed by atoms with E-state index in [9.17, 15) is 22.8 Å². The molecule has 0 aliphatic heterocycles. The molecule has 1 aromatic heterocycles. The molecule has 0 radical (unpaired) electrons. The van der Waals surface area contributed by atoms with Gasteiger partial charge in [0.1, 0.15) is 17.6 Å². The first kappa shape index (κ1) is 20.5. The first-order chi connectivity index (χ1) is 12.8. The predicted molar refractivity (Wildman–Crippen MR) is 94.0 cm³/mol. The van der Waals surface area contributed by atoms with Crippen molar-refractivity contribution in [2.24, 2.45) is 0 Å². The lowest BCUT2D eigenvalue weighted by Gasteiger charge is -2.19. The van der Waals surface area contributed by atoms with Gasteiger partial charge in [-0.2, -0.15) is 18.3 Å². The van der Waals surface area contributed by atoms with Crippen molar-refractivity contribution in [3.05, 3.63) is 51.9 Å². The average Bonchev–Trinajstić information content (AvgIpc) is 2.61. The van der Waals surface area contributed by atoms with E-state index in [0.717, 1.165) is 10.9 Å². The van der Waals surface area contributed by atoms with E-state index in [2.05, 4.69) is 10.4 Å². The fourth-order valence-electron chi connectivity index (χ4n) is 2.54. The van der Waals surface area contributed by atoms with Crippen molar-refractivity contribution >= 4 is 12.0 Å². The van der Waals surface area contributed by atoms with Crippen molar-refractivity contribution in [2.45, 2.75) is 38.5 Å². The fraction of sp³-hybridized carbons (Fsp3) is 0.389. The number of halogens is 3. The molecule has 1 aromatic carbocycles. The maximum atomic E-state index is 13.5. The van der Waals surface area contributed by atoms with Gasteiger partial charge in [0, 0.05) is 12.5 Å². The molecule has 1 N–H and O–H groups in total. The SMILES string of the molecule is COc1ccc(Cn2ncc(N[C@@H](C)CCC=O)c(C(F)(F)F)c2=O)cc1. The maximum absolute atomic E-state index is 13.5. The Balaban J connectivity index is 2.35. The summed E-state index contributed by atoms with van der Waals surface area (Å²) in [5, 5.41) is 6.49. The Labute approximate surface area is 154 Å². The van der Waals surface area contributed by atoms with E-state index in [1.807, 2.05) is 0 Å². The smallest absolute Gasteiger partial charge is 0.423 e. The second-order valence-electron chi connectivity index (χ2n) is 6.03. The minimum atomic E-state index is -4.84. The summed E-state index contributed by atoms with van der Waals surface area (Å²) in [4.78, 5) is 22.8. The van der Waals surface area contributed by atoms with Crippen molar-refractivity contribution in [3.63, 3.8) is 0 Å². The number of aldehydes is 1. The standard InChI is InChI=1S/C18H20F3N3O3/c1-12(4-3-9-25)23-15-10-22-24(17(26)16(15)18(19,20)21)11-13-5-7-14(27-2)8-6-13/h5-10,12,23H,3-4,11H2,1-2H3/t12-/m0/s1. The monoisotopic (exact) mass is 383 g/mol. The molecule has 27 heavy (non-hydrogen) atoms. The van der Waals surface area contributed by atoms with Crippen LogP contribution >= 0.6 is 0 Å². The molecule has 6 nitrogen and oxygen atoms in total. The molecule has 0 saturated heterocycles. The summed E-state index contributed by atoms with van der Waals surface area (Å²) in [5.41, 5.74) is -2.31. The van der Waals surface area contributed by atoms with Crippen molar-refractivity contribution in [1.29, 1.82) is 0 Å². The van der Waals surface area contributed by atoms with Crippen LogP contribution in [0.1, 0.15) is 30.9 Å². The number of nitrogens with one attached hydrogen (secondary N) is 1. The van der Waals surface area contributed by atoms with E-state index in [0.29, 0.717) is 24.0 Å². The molecule has 0 bridgehead atoms. The number of carbonyl (C=O) groups is 1. The summed E-state index contributed by atoms with van der Waals surface area (Å²) in [6, 6.07) is 6.17. The number of ether oxygens (including phenoxy) is 1. The molecule has 2 aromatic rings. The van der Waals surface area contributed by atoms with Crippen LogP contribution in [-0.4, -0.2) is 29.2 Å². The largest absolute Gasteiger partial charge is 0.497 e. The molecule has 1 heterocycles. The molecule has 0 saturated carbocycles. The molecule has 0 aliphatic rings. The number of carbonyl (C=O) groups excluding carboxylic acids is 1. The Bertz CT molecular complexity index is 832. The summed E-state index contributed by atoms with van der Waals surface area (Å²) in [6.45, 7) is 1.53. The van der Waals surface area contributed by atoms with E-state index in [4.69, 9.17) is 4.74 Å². The zero-order chi connectivity index (χ0) is 20.0. The summed E-state index contributed by atoms with van der Waals surface area (Å²) < 4.78 is 46.2. The molecule has 0 fully saturated rings. The molecule has 0 amide bonds. The first-order valence-corrected chi connectivity index (χ1v) is 8.26. The molecule has 0 spiro atoms. The van der Waals surface area contributed by atoms with Crippen LogP contribution in [0.15, 0.2) is 35.3 Å². The second kappa shape index (κ2) is 8.70. The quantitative estimate of drug-likeness (QED) is 0.709. The normalized spacial score (nSPS) is 12.5. The first-order valence-electron chi connectivity index (χ1n) is 8.26. The molecule has 146 valence electrons. The minimum absolute atomic E-state index is 0.104. The van der Waals surface area contributed by atoms with Gasteiger partial charge in [-0.05, 0) is 31.0 Å². The summed E-state index contributed by atoms with van der Waals surface area (Å²) in [5.74, 6) is 0.596. The van der Waals surface area contributed by atoms with Gasteiger partial charge in [-0.3, -0.25) is 4.79 Å². The summed E-state index contributed by atoms with van der Waals surface area (Å²) in [7, 11) is 1.50. The predicted octanol–water partition coefficient (Wildman–Crippen LogP) is 3.10. The van der Waals surface area contributed by atoms with Gasteiger partial charge in [0.2, 0.25) is 0 Å². The van der Waals surface area contributed by atoms with Crippen LogP contribution in [0, 0.1) is 0 Å². The molecule has 0 unspecified atom stereocenters. The van der Waals surface area contributed by atoms with Crippen LogP contribution in [0.5, 0.6) is 5.75 Å². The third kappa shape index (κ3) is 5.32. The lowest BCUT2D eigenvalue weighted by Crippen LogP contribution is -2.33. The maximum Gasteiger partial charge on any atom is 0.423 e. The van der Waals surface area contributed by atoms with Gasteiger partial charge < -0.3 is 14.8 Å². The molecule has 9 heteroatoms. The van der Waals surface area contributed by atoms with Crippen LogP contribution in [0.4, 0.5) is 18.9 Å². The zero-order valence-electron chi connectivity index (χ0n) is 14.9. The topological polar surface area (TPSA) is 73.2 Å². The summed E-state index contributed by atoms with van der Waals surface area (Å²) >= 11 is 0. The van der Waals surface area contributed by atoms with Gasteiger partial charge in [0.15, 0.2) is 0 Å². The van der Waals surface area contributed by atoms with Gasteiger partial charge >= 0.3 is 6.18 Å². The van der Waals surface area contributed by atoms with Crippen molar-refractivity contribution < 1.29 is 22.7 Å². The van der Waals surface area contributed by atoms with E-state index in [1.165, 1.54) is 7.11 Å². The molecule has 0 aliphatic carbocycles. The van der Waals surface area contributed by atoms with Crippen LogP contribution in [0.2, 0.25) is 0 Å². The fourth-order valence-corrected chi connectivity index (χ4v) is 2.54. The summed E-state index contributed by atoms with van der Waals surface area (Å²) in [6.07, 6.45) is -2.61. The Morgan fingerprint density at radius 2 is 1.96 bits per heavy atom. The van der Waals surface area contributed by atoms with Crippen LogP contribution in [0.3, 0.4) is 0 Å². The lowest BCUT2D eigenvalue weighted by atomic mass is 10.1. The van der Waals surface area contributed by atoms with Crippen molar-refractivity contribution in [3.8, 4) is 5.75 Å². The number of alkyl halides is 3. The molecule has 2 rings (SSSR count). The average molecular weight is 383 g/mol. The van der Waals surface area contributed by atoms with E-state index in [1.54, 1.807) is 31.2 Å². The third-order valence-electron chi connectivity index (χ3n) is 3.94. The van der Waals surface area contributed by atoms with Gasteiger partial charge in [0.25, 0.3) is 5.56 Å². The number of hydrogen-bond acceptors (Lipinski definition) is 5. The van der Waals surface area contributed by atoms with Crippen LogP contribution in [0.25, 0.3) is 0 Å². The second-order valence-corrected chi connectivity index (χ2v) is 6.03.